The Morgan fingerprint density at radius 1 is 1.46 bits per heavy atom. The maximum atomic E-state index is 12.5. The Morgan fingerprint density at radius 3 is 2.62 bits per heavy atom. The van der Waals surface area contributed by atoms with Crippen molar-refractivity contribution in [2.24, 2.45) is 4.99 Å². The number of rotatable bonds is 3. The van der Waals surface area contributed by atoms with Crippen LogP contribution in [0.5, 0.6) is 0 Å². The van der Waals surface area contributed by atoms with Crippen LogP contribution in [0.25, 0.3) is 0 Å². The van der Waals surface area contributed by atoms with Gasteiger partial charge in [-0.3, -0.25) is 4.99 Å². The maximum Gasteiger partial charge on any atom is 0.314 e. The van der Waals surface area contributed by atoms with E-state index in [9.17, 15) is 17.6 Å². The molecule has 2 nitrogen and oxygen atoms in total. The average Bonchev–Trinajstić information content (AvgIpc) is 2.05. The van der Waals surface area contributed by atoms with E-state index in [0.717, 1.165) is 6.42 Å². The molecule has 1 rings (SSSR count). The molecular weight excluding hydrogens is 188 g/mol. The Morgan fingerprint density at radius 2 is 2.15 bits per heavy atom. The van der Waals surface area contributed by atoms with Crippen molar-refractivity contribution >= 4 is 5.84 Å². The summed E-state index contributed by atoms with van der Waals surface area (Å²) in [5.74, 6) is -3.99. The van der Waals surface area contributed by atoms with Crippen LogP contribution in [-0.4, -0.2) is 31.3 Å². The zero-order valence-electron chi connectivity index (χ0n) is 6.86. The van der Waals surface area contributed by atoms with Gasteiger partial charge in [-0.15, -0.1) is 0 Å². The van der Waals surface area contributed by atoms with Crippen LogP contribution in [0.4, 0.5) is 17.6 Å². The van der Waals surface area contributed by atoms with E-state index in [2.05, 4.69) is 10.3 Å². The van der Waals surface area contributed by atoms with Crippen molar-refractivity contribution in [3.05, 3.63) is 0 Å². The number of hydrogen-bond donors (Lipinski definition) is 1. The molecule has 0 unspecified atom stereocenters. The minimum absolute atomic E-state index is 0.0171. The van der Waals surface area contributed by atoms with Crippen LogP contribution >= 0.6 is 0 Å². The molecule has 0 aromatic rings. The quantitative estimate of drug-likeness (QED) is 0.685. The Labute approximate surface area is 73.0 Å². The van der Waals surface area contributed by atoms with Crippen LogP contribution in [0.2, 0.25) is 0 Å². The summed E-state index contributed by atoms with van der Waals surface area (Å²) in [7, 11) is 0. The van der Waals surface area contributed by atoms with Gasteiger partial charge in [0.2, 0.25) is 0 Å². The molecule has 0 spiro atoms. The number of nitrogens with one attached hydrogen (secondary N) is 1. The SMILES string of the molecule is FC(F)C(F)(F)CC1=NCCCN1. The first-order chi connectivity index (χ1) is 6.02. The minimum Gasteiger partial charge on any atom is -0.374 e. The third-order valence-electron chi connectivity index (χ3n) is 1.69. The fourth-order valence-corrected chi connectivity index (χ4v) is 1.00. The lowest BCUT2D eigenvalue weighted by molar-refractivity contribution is -0.122. The normalized spacial score (nSPS) is 18.4. The van der Waals surface area contributed by atoms with Crippen molar-refractivity contribution < 1.29 is 17.6 Å². The first-order valence-corrected chi connectivity index (χ1v) is 3.95. The van der Waals surface area contributed by atoms with Crippen molar-refractivity contribution in [3.63, 3.8) is 0 Å². The fourth-order valence-electron chi connectivity index (χ4n) is 1.00. The zero-order valence-corrected chi connectivity index (χ0v) is 6.86. The Kier molecular flexibility index (Phi) is 3.11. The largest absolute Gasteiger partial charge is 0.374 e. The summed E-state index contributed by atoms with van der Waals surface area (Å²) in [6.45, 7) is 0.958. The van der Waals surface area contributed by atoms with Crippen molar-refractivity contribution in [3.8, 4) is 0 Å². The first-order valence-electron chi connectivity index (χ1n) is 3.95. The van der Waals surface area contributed by atoms with Crippen molar-refractivity contribution in [1.29, 1.82) is 0 Å². The summed E-state index contributed by atoms with van der Waals surface area (Å²) in [4.78, 5) is 3.69. The van der Waals surface area contributed by atoms with E-state index in [1.807, 2.05) is 0 Å². The molecule has 13 heavy (non-hydrogen) atoms. The van der Waals surface area contributed by atoms with E-state index in [1.54, 1.807) is 0 Å². The molecule has 0 saturated heterocycles. The van der Waals surface area contributed by atoms with E-state index in [-0.39, 0.29) is 5.84 Å². The van der Waals surface area contributed by atoms with Crippen LogP contribution in [0.1, 0.15) is 12.8 Å². The summed E-state index contributed by atoms with van der Waals surface area (Å²) in [6, 6.07) is 0. The molecule has 1 heterocycles. The lowest BCUT2D eigenvalue weighted by atomic mass is 10.2. The van der Waals surface area contributed by atoms with Crippen LogP contribution in [0, 0.1) is 0 Å². The molecule has 0 aromatic carbocycles. The van der Waals surface area contributed by atoms with Crippen molar-refractivity contribution in [2.75, 3.05) is 13.1 Å². The highest BCUT2D eigenvalue weighted by Gasteiger charge is 2.41. The van der Waals surface area contributed by atoms with Crippen LogP contribution < -0.4 is 5.32 Å². The summed E-state index contributed by atoms with van der Waals surface area (Å²) in [5, 5.41) is 2.57. The Balaban J connectivity index is 2.51. The summed E-state index contributed by atoms with van der Waals surface area (Å²) in [5.41, 5.74) is 0. The minimum atomic E-state index is -3.97. The molecule has 1 aliphatic heterocycles. The summed E-state index contributed by atoms with van der Waals surface area (Å²) >= 11 is 0. The molecule has 1 aliphatic rings. The van der Waals surface area contributed by atoms with Gasteiger partial charge >= 0.3 is 12.3 Å². The van der Waals surface area contributed by atoms with Gasteiger partial charge in [0.1, 0.15) is 5.84 Å². The third kappa shape index (κ3) is 2.86. The number of amidine groups is 1. The van der Waals surface area contributed by atoms with Gasteiger partial charge in [0.15, 0.2) is 0 Å². The number of nitrogens with zero attached hydrogens (tertiary/aromatic N) is 1. The summed E-state index contributed by atoms with van der Waals surface area (Å²) < 4.78 is 48.4. The fraction of sp³-hybridized carbons (Fsp3) is 0.857. The highest BCUT2D eigenvalue weighted by Crippen LogP contribution is 2.26. The van der Waals surface area contributed by atoms with Gasteiger partial charge in [0.25, 0.3) is 0 Å². The average molecular weight is 198 g/mol. The molecular formula is C7H10F4N2. The summed E-state index contributed by atoms with van der Waals surface area (Å²) in [6.07, 6.45) is -3.87. The second-order valence-corrected chi connectivity index (χ2v) is 2.85. The highest BCUT2D eigenvalue weighted by atomic mass is 19.3. The number of hydrogen-bond acceptors (Lipinski definition) is 2. The van der Waals surface area contributed by atoms with E-state index >= 15 is 0 Å². The molecule has 0 fully saturated rings. The maximum absolute atomic E-state index is 12.5. The molecule has 0 aromatic heterocycles. The van der Waals surface area contributed by atoms with E-state index in [1.165, 1.54) is 0 Å². The number of halogens is 4. The second kappa shape index (κ2) is 3.93. The van der Waals surface area contributed by atoms with Gasteiger partial charge in [-0.1, -0.05) is 0 Å². The molecule has 0 radical (unpaired) electrons. The standard InChI is InChI=1S/C7H10F4N2/c8-6(9)7(10,11)4-5-12-2-1-3-13-5/h6H,1-4H2,(H,12,13). The van der Waals surface area contributed by atoms with Crippen LogP contribution in [-0.2, 0) is 0 Å². The lowest BCUT2D eigenvalue weighted by Gasteiger charge is -2.19. The van der Waals surface area contributed by atoms with Gasteiger partial charge in [-0.2, -0.15) is 8.78 Å². The zero-order chi connectivity index (χ0) is 9.90. The van der Waals surface area contributed by atoms with E-state index < -0.39 is 18.8 Å². The van der Waals surface area contributed by atoms with Gasteiger partial charge in [0.05, 0.1) is 6.42 Å². The molecule has 6 heteroatoms. The van der Waals surface area contributed by atoms with Gasteiger partial charge in [-0.25, -0.2) is 8.78 Å². The smallest absolute Gasteiger partial charge is 0.314 e. The number of aliphatic imine (C=N–C) groups is 1. The molecule has 0 amide bonds. The monoisotopic (exact) mass is 198 g/mol. The second-order valence-electron chi connectivity index (χ2n) is 2.85. The van der Waals surface area contributed by atoms with Gasteiger partial charge in [-0.05, 0) is 6.42 Å². The van der Waals surface area contributed by atoms with Crippen LogP contribution in [0.3, 0.4) is 0 Å². The number of alkyl halides is 4. The third-order valence-corrected chi connectivity index (χ3v) is 1.69. The lowest BCUT2D eigenvalue weighted by Crippen LogP contribution is -2.38. The molecule has 1 N–H and O–H groups in total. The van der Waals surface area contributed by atoms with Gasteiger partial charge in [0, 0.05) is 13.1 Å². The van der Waals surface area contributed by atoms with Crippen molar-refractivity contribution in [1.82, 2.24) is 5.32 Å². The van der Waals surface area contributed by atoms with Gasteiger partial charge < -0.3 is 5.32 Å². The van der Waals surface area contributed by atoms with Crippen molar-refractivity contribution in [2.45, 2.75) is 25.2 Å². The predicted molar refractivity (Wildman–Crippen MR) is 40.5 cm³/mol. The van der Waals surface area contributed by atoms with E-state index in [0.29, 0.717) is 13.1 Å². The molecule has 0 aliphatic carbocycles. The molecule has 0 saturated carbocycles. The molecule has 0 bridgehead atoms. The molecule has 76 valence electrons. The van der Waals surface area contributed by atoms with E-state index in [4.69, 9.17) is 0 Å². The highest BCUT2D eigenvalue weighted by molar-refractivity contribution is 5.83. The Hall–Kier alpha value is -0.810. The Bertz CT molecular complexity index is 203. The van der Waals surface area contributed by atoms with Crippen LogP contribution in [0.15, 0.2) is 4.99 Å². The first kappa shape index (κ1) is 10.3. The predicted octanol–water partition coefficient (Wildman–Crippen LogP) is 1.67. The molecule has 0 atom stereocenters. The topological polar surface area (TPSA) is 24.4 Å².